The lowest BCUT2D eigenvalue weighted by molar-refractivity contribution is -0.118. The maximum atomic E-state index is 12.3. The van der Waals surface area contributed by atoms with Crippen LogP contribution in [0, 0.1) is 5.92 Å². The van der Waals surface area contributed by atoms with E-state index in [0.29, 0.717) is 34.5 Å². The van der Waals surface area contributed by atoms with Gasteiger partial charge in [-0.2, -0.15) is 0 Å². The first-order chi connectivity index (χ1) is 15.3. The van der Waals surface area contributed by atoms with Gasteiger partial charge < -0.3 is 14.3 Å². The molecule has 4 rings (SSSR count). The summed E-state index contributed by atoms with van der Waals surface area (Å²) in [6.07, 6.45) is 1.23. The van der Waals surface area contributed by atoms with Gasteiger partial charge in [0.2, 0.25) is 5.91 Å². The summed E-state index contributed by atoms with van der Waals surface area (Å²) in [5.74, 6) is 2.67. The molecule has 1 saturated heterocycles. The van der Waals surface area contributed by atoms with E-state index < -0.39 is 9.84 Å². The van der Waals surface area contributed by atoms with Crippen LogP contribution in [0.2, 0.25) is 5.02 Å². The number of sulfone groups is 1. The van der Waals surface area contributed by atoms with E-state index in [0.717, 1.165) is 11.4 Å². The lowest BCUT2D eigenvalue weighted by Crippen LogP contribution is -2.24. The molecule has 0 aliphatic carbocycles. The van der Waals surface area contributed by atoms with Crippen LogP contribution in [0.5, 0.6) is 0 Å². The summed E-state index contributed by atoms with van der Waals surface area (Å²) < 4.78 is 30.9. The van der Waals surface area contributed by atoms with Crippen molar-refractivity contribution in [2.75, 3.05) is 17.3 Å². The molecule has 1 unspecified atom stereocenters. The molecule has 0 radical (unpaired) electrons. The highest BCUT2D eigenvalue weighted by Gasteiger charge is 2.29. The van der Waals surface area contributed by atoms with E-state index in [1.165, 1.54) is 11.8 Å². The van der Waals surface area contributed by atoms with Crippen molar-refractivity contribution in [1.82, 2.24) is 20.1 Å². The molecular weight excluding hydrogens is 472 g/mol. The van der Waals surface area contributed by atoms with Crippen LogP contribution in [0.3, 0.4) is 0 Å². The number of amides is 1. The highest BCUT2D eigenvalue weighted by molar-refractivity contribution is 7.99. The number of carbonyl (C=O) groups excluding carboxylic acids is 1. The van der Waals surface area contributed by atoms with Crippen LogP contribution in [0.1, 0.15) is 18.0 Å². The van der Waals surface area contributed by atoms with Crippen LogP contribution < -0.4 is 5.32 Å². The van der Waals surface area contributed by atoms with Crippen molar-refractivity contribution in [2.24, 2.45) is 13.0 Å². The summed E-state index contributed by atoms with van der Waals surface area (Å²) in [6.45, 7) is 0.285. The SMILES string of the molecule is Cn1c(CC2CCS(=O)(=O)C2)nnc1SCC(=O)NCc1ccc(-c2ccc(Cl)cc2)o1. The Morgan fingerprint density at radius 1 is 1.25 bits per heavy atom. The number of benzene rings is 1. The molecule has 0 bridgehead atoms. The summed E-state index contributed by atoms with van der Waals surface area (Å²) in [5, 5.41) is 12.4. The van der Waals surface area contributed by atoms with E-state index in [2.05, 4.69) is 15.5 Å². The van der Waals surface area contributed by atoms with Gasteiger partial charge in [0, 0.05) is 24.1 Å². The van der Waals surface area contributed by atoms with E-state index >= 15 is 0 Å². The van der Waals surface area contributed by atoms with Gasteiger partial charge in [-0.3, -0.25) is 4.79 Å². The summed E-state index contributed by atoms with van der Waals surface area (Å²) in [4.78, 5) is 12.3. The first-order valence-electron chi connectivity index (χ1n) is 10.1. The second-order valence-electron chi connectivity index (χ2n) is 7.77. The molecule has 11 heteroatoms. The minimum absolute atomic E-state index is 0.0788. The van der Waals surface area contributed by atoms with Gasteiger partial charge in [-0.25, -0.2) is 8.42 Å². The Bertz CT molecular complexity index is 1200. The molecule has 1 N–H and O–H groups in total. The second-order valence-corrected chi connectivity index (χ2v) is 11.4. The first-order valence-corrected chi connectivity index (χ1v) is 13.3. The summed E-state index contributed by atoms with van der Waals surface area (Å²) in [5.41, 5.74) is 0.913. The molecule has 0 spiro atoms. The van der Waals surface area contributed by atoms with E-state index in [9.17, 15) is 13.2 Å². The predicted octanol–water partition coefficient (Wildman–Crippen LogP) is 3.11. The van der Waals surface area contributed by atoms with E-state index in [4.69, 9.17) is 16.0 Å². The number of nitrogens with zero attached hydrogens (tertiary/aromatic N) is 3. The zero-order chi connectivity index (χ0) is 22.7. The Balaban J connectivity index is 1.25. The van der Waals surface area contributed by atoms with Gasteiger partial charge in [0.25, 0.3) is 0 Å². The molecular formula is C21H23ClN4O4S2. The van der Waals surface area contributed by atoms with Gasteiger partial charge in [-0.1, -0.05) is 23.4 Å². The van der Waals surface area contributed by atoms with E-state index in [-0.39, 0.29) is 35.6 Å². The summed E-state index contributed by atoms with van der Waals surface area (Å²) in [6, 6.07) is 11.0. The number of aromatic nitrogens is 3. The lowest BCUT2D eigenvalue weighted by Gasteiger charge is -2.07. The third kappa shape index (κ3) is 5.73. The molecule has 1 aromatic carbocycles. The van der Waals surface area contributed by atoms with Gasteiger partial charge in [0.1, 0.15) is 17.3 Å². The maximum Gasteiger partial charge on any atom is 0.230 e. The number of furan rings is 1. The number of halogens is 1. The number of thioether (sulfide) groups is 1. The quantitative estimate of drug-likeness (QED) is 0.479. The van der Waals surface area contributed by atoms with Gasteiger partial charge in [-0.15, -0.1) is 10.2 Å². The second kappa shape index (κ2) is 9.68. The molecule has 2 aromatic heterocycles. The molecule has 32 heavy (non-hydrogen) atoms. The largest absolute Gasteiger partial charge is 0.459 e. The average Bonchev–Trinajstić information content (AvgIpc) is 3.46. The van der Waals surface area contributed by atoms with Crippen molar-refractivity contribution in [3.63, 3.8) is 0 Å². The number of nitrogens with one attached hydrogen (secondary N) is 1. The number of hydrogen-bond acceptors (Lipinski definition) is 7. The van der Waals surface area contributed by atoms with Crippen LogP contribution in [-0.2, 0) is 34.6 Å². The van der Waals surface area contributed by atoms with Gasteiger partial charge >= 0.3 is 0 Å². The van der Waals surface area contributed by atoms with Crippen molar-refractivity contribution in [3.8, 4) is 11.3 Å². The van der Waals surface area contributed by atoms with Crippen LogP contribution in [0.25, 0.3) is 11.3 Å². The Kier molecular flexibility index (Phi) is 6.92. The molecule has 1 atom stereocenters. The molecule has 3 heterocycles. The van der Waals surface area contributed by atoms with Crippen molar-refractivity contribution in [1.29, 1.82) is 0 Å². The molecule has 0 saturated carbocycles. The normalized spacial score (nSPS) is 17.5. The fourth-order valence-electron chi connectivity index (χ4n) is 3.55. The standard InChI is InChI=1S/C21H23ClN4O4S2/c1-26-19(10-14-8-9-32(28,29)13-14)24-25-21(26)31-12-20(27)23-11-17-6-7-18(30-17)15-2-4-16(22)5-3-15/h2-7,14H,8-13H2,1H3,(H,23,27). The van der Waals surface area contributed by atoms with Gasteiger partial charge in [0.15, 0.2) is 15.0 Å². The van der Waals surface area contributed by atoms with Gasteiger partial charge in [0.05, 0.1) is 23.8 Å². The smallest absolute Gasteiger partial charge is 0.230 e. The molecule has 1 fully saturated rings. The maximum absolute atomic E-state index is 12.3. The molecule has 1 aliphatic rings. The van der Waals surface area contributed by atoms with Crippen LogP contribution in [0.4, 0.5) is 0 Å². The molecule has 3 aromatic rings. The number of carbonyl (C=O) groups is 1. The number of hydrogen-bond donors (Lipinski definition) is 1. The van der Waals surface area contributed by atoms with Crippen molar-refractivity contribution in [2.45, 2.75) is 24.5 Å². The van der Waals surface area contributed by atoms with Crippen molar-refractivity contribution < 1.29 is 17.6 Å². The summed E-state index contributed by atoms with van der Waals surface area (Å²) >= 11 is 7.20. The van der Waals surface area contributed by atoms with E-state index in [1.54, 1.807) is 12.1 Å². The molecule has 1 amide bonds. The van der Waals surface area contributed by atoms with Crippen LogP contribution in [-0.4, -0.2) is 46.3 Å². The van der Waals surface area contributed by atoms with Crippen molar-refractivity contribution in [3.05, 3.63) is 53.0 Å². The minimum Gasteiger partial charge on any atom is -0.459 e. The highest BCUT2D eigenvalue weighted by atomic mass is 35.5. The topological polar surface area (TPSA) is 107 Å². The zero-order valence-corrected chi connectivity index (χ0v) is 19.8. The zero-order valence-electron chi connectivity index (χ0n) is 17.5. The average molecular weight is 495 g/mol. The Hall–Kier alpha value is -2.30. The van der Waals surface area contributed by atoms with Gasteiger partial charge in [-0.05, 0) is 48.7 Å². The molecule has 8 nitrogen and oxygen atoms in total. The predicted molar refractivity (Wildman–Crippen MR) is 123 cm³/mol. The summed E-state index contributed by atoms with van der Waals surface area (Å²) in [7, 11) is -1.08. The van der Waals surface area contributed by atoms with Crippen LogP contribution >= 0.6 is 23.4 Å². The van der Waals surface area contributed by atoms with E-state index in [1.807, 2.05) is 35.9 Å². The first kappa shape index (κ1) is 22.9. The highest BCUT2D eigenvalue weighted by Crippen LogP contribution is 2.25. The third-order valence-corrected chi connectivity index (χ3v) is 8.41. The molecule has 1 aliphatic heterocycles. The van der Waals surface area contributed by atoms with Crippen LogP contribution in [0.15, 0.2) is 46.0 Å². The third-order valence-electron chi connectivity index (χ3n) is 5.31. The Morgan fingerprint density at radius 2 is 2.03 bits per heavy atom. The fourth-order valence-corrected chi connectivity index (χ4v) is 6.30. The molecule has 170 valence electrons. The Labute approximate surface area is 195 Å². The number of rotatable bonds is 8. The lowest BCUT2D eigenvalue weighted by atomic mass is 10.1. The minimum atomic E-state index is -2.92. The monoisotopic (exact) mass is 494 g/mol. The van der Waals surface area contributed by atoms with Crippen molar-refractivity contribution >= 4 is 39.1 Å². The Morgan fingerprint density at radius 3 is 2.75 bits per heavy atom. The fraction of sp³-hybridized carbons (Fsp3) is 0.381.